The van der Waals surface area contributed by atoms with E-state index in [0.29, 0.717) is 5.95 Å². The summed E-state index contributed by atoms with van der Waals surface area (Å²) in [4.78, 5) is 12.3. The van der Waals surface area contributed by atoms with E-state index in [1.807, 2.05) is 7.05 Å². The SMILES string of the molecule is CCCCCN(C)c1nc(NC)nc2sccc12. The zero-order valence-electron chi connectivity index (χ0n) is 11.2. The molecule has 2 aromatic rings. The van der Waals surface area contributed by atoms with Gasteiger partial charge in [0.15, 0.2) is 0 Å². The third-order valence-corrected chi connectivity index (χ3v) is 3.79. The van der Waals surface area contributed by atoms with Gasteiger partial charge in [-0.25, -0.2) is 4.98 Å². The van der Waals surface area contributed by atoms with Crippen LogP contribution < -0.4 is 10.2 Å². The predicted octanol–water partition coefficient (Wildman–Crippen LogP) is 3.36. The molecule has 0 fully saturated rings. The van der Waals surface area contributed by atoms with Crippen molar-refractivity contribution in [1.29, 1.82) is 0 Å². The minimum absolute atomic E-state index is 0.697. The van der Waals surface area contributed by atoms with Crippen LogP contribution in [0, 0.1) is 0 Å². The van der Waals surface area contributed by atoms with Gasteiger partial charge in [-0.3, -0.25) is 0 Å². The molecule has 0 aromatic carbocycles. The number of hydrogen-bond acceptors (Lipinski definition) is 5. The molecule has 4 nitrogen and oxygen atoms in total. The number of unbranched alkanes of at least 4 members (excludes halogenated alkanes) is 2. The van der Waals surface area contributed by atoms with Crippen molar-refractivity contribution in [2.75, 3.05) is 30.9 Å². The molecule has 0 saturated carbocycles. The first-order valence-electron chi connectivity index (χ1n) is 6.40. The van der Waals surface area contributed by atoms with Crippen LogP contribution in [0.4, 0.5) is 11.8 Å². The van der Waals surface area contributed by atoms with Crippen molar-refractivity contribution >= 4 is 33.3 Å². The Kier molecular flexibility index (Phi) is 4.36. The van der Waals surface area contributed by atoms with Crippen molar-refractivity contribution < 1.29 is 0 Å². The molecule has 2 aromatic heterocycles. The monoisotopic (exact) mass is 264 g/mol. The lowest BCUT2D eigenvalue weighted by Gasteiger charge is -2.19. The highest BCUT2D eigenvalue weighted by molar-refractivity contribution is 7.16. The van der Waals surface area contributed by atoms with Crippen LogP contribution in [-0.4, -0.2) is 30.6 Å². The first-order chi connectivity index (χ1) is 8.76. The van der Waals surface area contributed by atoms with Gasteiger partial charge < -0.3 is 10.2 Å². The van der Waals surface area contributed by atoms with Gasteiger partial charge >= 0.3 is 0 Å². The maximum absolute atomic E-state index is 4.58. The van der Waals surface area contributed by atoms with Gasteiger partial charge in [0, 0.05) is 20.6 Å². The Morgan fingerprint density at radius 2 is 2.17 bits per heavy atom. The van der Waals surface area contributed by atoms with Gasteiger partial charge in [0.2, 0.25) is 5.95 Å². The number of hydrogen-bond donors (Lipinski definition) is 1. The normalized spacial score (nSPS) is 10.8. The average molecular weight is 264 g/mol. The lowest BCUT2D eigenvalue weighted by Crippen LogP contribution is -2.20. The van der Waals surface area contributed by atoms with Gasteiger partial charge in [-0.15, -0.1) is 11.3 Å². The molecule has 2 rings (SSSR count). The van der Waals surface area contributed by atoms with E-state index in [1.165, 1.54) is 19.3 Å². The van der Waals surface area contributed by atoms with Crippen LogP contribution in [0.25, 0.3) is 10.2 Å². The van der Waals surface area contributed by atoms with E-state index in [-0.39, 0.29) is 0 Å². The average Bonchev–Trinajstić information content (AvgIpc) is 2.85. The summed E-state index contributed by atoms with van der Waals surface area (Å²) < 4.78 is 0. The minimum atomic E-state index is 0.697. The van der Waals surface area contributed by atoms with E-state index in [9.17, 15) is 0 Å². The van der Waals surface area contributed by atoms with E-state index < -0.39 is 0 Å². The summed E-state index contributed by atoms with van der Waals surface area (Å²) in [6, 6.07) is 2.10. The van der Waals surface area contributed by atoms with Crippen molar-refractivity contribution in [3.63, 3.8) is 0 Å². The number of aromatic nitrogens is 2. The number of fused-ring (bicyclic) bond motifs is 1. The van der Waals surface area contributed by atoms with Crippen molar-refractivity contribution in [2.45, 2.75) is 26.2 Å². The zero-order chi connectivity index (χ0) is 13.0. The number of thiophene rings is 1. The highest BCUT2D eigenvalue weighted by atomic mass is 32.1. The van der Waals surface area contributed by atoms with Crippen LogP contribution >= 0.6 is 11.3 Å². The van der Waals surface area contributed by atoms with Gasteiger partial charge in [0.1, 0.15) is 10.6 Å². The van der Waals surface area contributed by atoms with Crippen molar-refractivity contribution in [1.82, 2.24) is 9.97 Å². The summed E-state index contributed by atoms with van der Waals surface area (Å²) in [7, 11) is 3.96. The highest BCUT2D eigenvalue weighted by Gasteiger charge is 2.11. The number of anilines is 2. The molecule has 0 saturated heterocycles. The molecule has 0 aliphatic carbocycles. The number of rotatable bonds is 6. The van der Waals surface area contributed by atoms with Crippen LogP contribution in [0.3, 0.4) is 0 Å². The number of nitrogens with zero attached hydrogens (tertiary/aromatic N) is 3. The summed E-state index contributed by atoms with van der Waals surface area (Å²) in [6.45, 7) is 3.26. The van der Waals surface area contributed by atoms with E-state index in [4.69, 9.17) is 0 Å². The second-order valence-electron chi connectivity index (χ2n) is 4.39. The topological polar surface area (TPSA) is 41.1 Å². The third kappa shape index (κ3) is 2.72. The lowest BCUT2D eigenvalue weighted by atomic mass is 10.2. The molecule has 1 N–H and O–H groups in total. The molecule has 0 unspecified atom stereocenters. The first-order valence-corrected chi connectivity index (χ1v) is 7.28. The van der Waals surface area contributed by atoms with Crippen LogP contribution in [-0.2, 0) is 0 Å². The van der Waals surface area contributed by atoms with Gasteiger partial charge in [-0.1, -0.05) is 19.8 Å². The summed E-state index contributed by atoms with van der Waals surface area (Å²) >= 11 is 1.66. The Labute approximate surface area is 112 Å². The number of nitrogens with one attached hydrogen (secondary N) is 1. The molecular formula is C13H20N4S. The molecule has 18 heavy (non-hydrogen) atoms. The predicted molar refractivity (Wildman–Crippen MR) is 79.8 cm³/mol. The highest BCUT2D eigenvalue weighted by Crippen LogP contribution is 2.28. The first kappa shape index (κ1) is 13.1. The molecule has 0 atom stereocenters. The Hall–Kier alpha value is -1.36. The maximum Gasteiger partial charge on any atom is 0.225 e. The second-order valence-corrected chi connectivity index (χ2v) is 5.28. The van der Waals surface area contributed by atoms with Crippen molar-refractivity contribution in [3.05, 3.63) is 11.4 Å². The summed E-state index contributed by atoms with van der Waals surface area (Å²) in [6.07, 6.45) is 3.71. The zero-order valence-corrected chi connectivity index (χ0v) is 12.0. The maximum atomic E-state index is 4.58. The van der Waals surface area contributed by atoms with E-state index in [2.05, 4.69) is 45.6 Å². The molecule has 0 aliphatic rings. The van der Waals surface area contributed by atoms with Gasteiger partial charge in [-0.2, -0.15) is 4.98 Å². The molecular weight excluding hydrogens is 244 g/mol. The van der Waals surface area contributed by atoms with Crippen LogP contribution in [0.15, 0.2) is 11.4 Å². The summed E-state index contributed by atoms with van der Waals surface area (Å²) in [5.74, 6) is 1.73. The minimum Gasteiger partial charge on any atom is -0.359 e. The van der Waals surface area contributed by atoms with Crippen LogP contribution in [0.2, 0.25) is 0 Å². The molecule has 5 heteroatoms. The Morgan fingerprint density at radius 3 is 2.89 bits per heavy atom. The summed E-state index contributed by atoms with van der Waals surface area (Å²) in [5.41, 5.74) is 0. The lowest BCUT2D eigenvalue weighted by molar-refractivity contribution is 0.702. The van der Waals surface area contributed by atoms with Crippen molar-refractivity contribution in [2.24, 2.45) is 0 Å². The smallest absolute Gasteiger partial charge is 0.225 e. The Morgan fingerprint density at radius 1 is 1.33 bits per heavy atom. The van der Waals surface area contributed by atoms with E-state index >= 15 is 0 Å². The van der Waals surface area contributed by atoms with Gasteiger partial charge in [0.05, 0.1) is 5.39 Å². The molecule has 0 aliphatic heterocycles. The Bertz CT molecular complexity index is 509. The largest absolute Gasteiger partial charge is 0.359 e. The molecule has 0 amide bonds. The van der Waals surface area contributed by atoms with Gasteiger partial charge in [-0.05, 0) is 17.9 Å². The van der Waals surface area contributed by atoms with Crippen LogP contribution in [0.1, 0.15) is 26.2 Å². The third-order valence-electron chi connectivity index (χ3n) is 2.99. The molecule has 0 spiro atoms. The van der Waals surface area contributed by atoms with E-state index in [1.54, 1.807) is 11.3 Å². The standard InChI is InChI=1S/C13H20N4S/c1-4-5-6-8-17(3)11-10-7-9-18-12(10)16-13(14-2)15-11/h7,9H,4-6,8H2,1-3H3,(H,14,15,16). The quantitative estimate of drug-likeness (QED) is 0.812. The molecule has 0 radical (unpaired) electrons. The second kappa shape index (κ2) is 6.00. The molecule has 0 bridgehead atoms. The fraction of sp³-hybridized carbons (Fsp3) is 0.538. The molecule has 2 heterocycles. The van der Waals surface area contributed by atoms with Crippen LogP contribution in [0.5, 0.6) is 0 Å². The van der Waals surface area contributed by atoms with E-state index in [0.717, 1.165) is 22.6 Å². The fourth-order valence-corrected chi connectivity index (χ4v) is 2.71. The Balaban J connectivity index is 2.27. The molecule has 98 valence electrons. The summed E-state index contributed by atoms with van der Waals surface area (Å²) in [5, 5.41) is 6.25. The fourth-order valence-electron chi connectivity index (χ4n) is 1.95. The van der Waals surface area contributed by atoms with Gasteiger partial charge in [0.25, 0.3) is 0 Å². The van der Waals surface area contributed by atoms with Crippen molar-refractivity contribution in [3.8, 4) is 0 Å².